The largest absolute Gasteiger partial charge is 0.336 e. The van der Waals surface area contributed by atoms with Gasteiger partial charge in [-0.2, -0.15) is 0 Å². The van der Waals surface area contributed by atoms with E-state index in [-0.39, 0.29) is 6.04 Å². The summed E-state index contributed by atoms with van der Waals surface area (Å²) in [5.74, 6) is 0. The topological polar surface area (TPSA) is 29.9 Å². The Hall–Kier alpha value is -1.61. The van der Waals surface area contributed by atoms with Crippen LogP contribution >= 0.6 is 0 Å². The lowest BCUT2D eigenvalue weighted by atomic mass is 9.97. The van der Waals surface area contributed by atoms with Gasteiger partial charge in [0.1, 0.15) is 0 Å². The molecule has 1 atom stereocenters. The van der Waals surface area contributed by atoms with E-state index in [1.165, 1.54) is 22.4 Å². The Labute approximate surface area is 109 Å². The second-order valence-electron chi connectivity index (χ2n) is 4.78. The molecule has 96 valence electrons. The average molecular weight is 243 g/mol. The predicted molar refractivity (Wildman–Crippen MR) is 74.6 cm³/mol. The van der Waals surface area contributed by atoms with Gasteiger partial charge in [-0.25, -0.2) is 4.98 Å². The molecule has 1 aromatic heterocycles. The molecule has 0 aliphatic rings. The van der Waals surface area contributed by atoms with Crippen molar-refractivity contribution in [2.24, 2.45) is 7.05 Å². The van der Waals surface area contributed by atoms with Crippen LogP contribution in [0.25, 0.3) is 0 Å². The van der Waals surface area contributed by atoms with Crippen molar-refractivity contribution in [2.75, 3.05) is 6.54 Å². The van der Waals surface area contributed by atoms with Gasteiger partial charge in [0.05, 0.1) is 24.3 Å². The number of nitrogens with one attached hydrogen (secondary N) is 1. The van der Waals surface area contributed by atoms with E-state index in [1.54, 1.807) is 0 Å². The number of hydrogen-bond donors (Lipinski definition) is 1. The van der Waals surface area contributed by atoms with Crippen molar-refractivity contribution in [2.45, 2.75) is 26.8 Å². The van der Waals surface area contributed by atoms with E-state index in [0.717, 1.165) is 6.54 Å². The highest BCUT2D eigenvalue weighted by Crippen LogP contribution is 2.25. The fourth-order valence-corrected chi connectivity index (χ4v) is 2.37. The minimum absolute atomic E-state index is 0.211. The molecule has 1 unspecified atom stereocenters. The molecule has 0 bridgehead atoms. The van der Waals surface area contributed by atoms with Gasteiger partial charge < -0.3 is 9.88 Å². The highest BCUT2D eigenvalue weighted by Gasteiger charge is 2.17. The summed E-state index contributed by atoms with van der Waals surface area (Å²) in [6, 6.07) is 6.83. The van der Waals surface area contributed by atoms with E-state index < -0.39 is 0 Å². The van der Waals surface area contributed by atoms with Crippen LogP contribution in [-0.4, -0.2) is 16.1 Å². The first kappa shape index (κ1) is 12.8. The normalized spacial score (nSPS) is 12.7. The van der Waals surface area contributed by atoms with Crippen molar-refractivity contribution < 1.29 is 0 Å². The van der Waals surface area contributed by atoms with E-state index >= 15 is 0 Å². The van der Waals surface area contributed by atoms with Gasteiger partial charge >= 0.3 is 0 Å². The standard InChI is InChI=1S/C15H21N3/c1-5-17-15(14-9-16-10-18(14)4)13-7-6-11(2)8-12(13)3/h6-10,15,17H,5H2,1-4H3. The second kappa shape index (κ2) is 5.36. The molecule has 2 aromatic rings. The van der Waals surface area contributed by atoms with Gasteiger partial charge in [-0.1, -0.05) is 30.7 Å². The van der Waals surface area contributed by atoms with Gasteiger partial charge in [0.2, 0.25) is 0 Å². The number of aryl methyl sites for hydroxylation is 3. The Morgan fingerprint density at radius 2 is 2.11 bits per heavy atom. The number of aromatic nitrogens is 2. The first-order valence-electron chi connectivity index (χ1n) is 6.40. The zero-order chi connectivity index (χ0) is 13.1. The number of rotatable bonds is 4. The van der Waals surface area contributed by atoms with Crippen LogP contribution < -0.4 is 5.32 Å². The van der Waals surface area contributed by atoms with E-state index in [2.05, 4.69) is 53.8 Å². The van der Waals surface area contributed by atoms with E-state index in [1.807, 2.05) is 19.6 Å². The number of hydrogen-bond acceptors (Lipinski definition) is 2. The van der Waals surface area contributed by atoms with Gasteiger partial charge in [0.25, 0.3) is 0 Å². The van der Waals surface area contributed by atoms with Gasteiger partial charge in [-0.05, 0) is 31.5 Å². The summed E-state index contributed by atoms with van der Waals surface area (Å²) in [4.78, 5) is 4.22. The molecule has 3 nitrogen and oxygen atoms in total. The maximum atomic E-state index is 4.22. The van der Waals surface area contributed by atoms with Crippen LogP contribution in [0.3, 0.4) is 0 Å². The lowest BCUT2D eigenvalue weighted by molar-refractivity contribution is 0.591. The van der Waals surface area contributed by atoms with Crippen LogP contribution in [0.15, 0.2) is 30.7 Å². The van der Waals surface area contributed by atoms with Gasteiger partial charge in [-0.15, -0.1) is 0 Å². The summed E-state index contributed by atoms with van der Waals surface area (Å²) < 4.78 is 2.08. The zero-order valence-electron chi connectivity index (χ0n) is 11.6. The summed E-state index contributed by atoms with van der Waals surface area (Å²) in [6.45, 7) is 7.36. The minimum atomic E-state index is 0.211. The Morgan fingerprint density at radius 1 is 1.33 bits per heavy atom. The Bertz CT molecular complexity index is 528. The summed E-state index contributed by atoms with van der Waals surface area (Å²) in [5, 5.41) is 3.54. The molecule has 3 heteroatoms. The van der Waals surface area contributed by atoms with Crippen LogP contribution in [0.5, 0.6) is 0 Å². The van der Waals surface area contributed by atoms with Crippen LogP contribution in [0, 0.1) is 13.8 Å². The number of benzene rings is 1. The number of imidazole rings is 1. The molecular formula is C15H21N3. The molecule has 0 spiro atoms. The maximum absolute atomic E-state index is 4.22. The van der Waals surface area contributed by atoms with Crippen LogP contribution in [-0.2, 0) is 7.05 Å². The smallest absolute Gasteiger partial charge is 0.0946 e. The van der Waals surface area contributed by atoms with Crippen molar-refractivity contribution in [3.05, 3.63) is 53.1 Å². The molecule has 18 heavy (non-hydrogen) atoms. The third-order valence-corrected chi connectivity index (χ3v) is 3.29. The van der Waals surface area contributed by atoms with E-state index in [9.17, 15) is 0 Å². The van der Waals surface area contributed by atoms with Crippen LogP contribution in [0.4, 0.5) is 0 Å². The lowest BCUT2D eigenvalue weighted by Gasteiger charge is -2.21. The van der Waals surface area contributed by atoms with Crippen molar-refractivity contribution in [1.29, 1.82) is 0 Å². The van der Waals surface area contributed by atoms with E-state index in [0.29, 0.717) is 0 Å². The molecule has 0 saturated carbocycles. The lowest BCUT2D eigenvalue weighted by Crippen LogP contribution is -2.24. The maximum Gasteiger partial charge on any atom is 0.0946 e. The average Bonchev–Trinajstić information content (AvgIpc) is 2.73. The Balaban J connectivity index is 2.45. The summed E-state index contributed by atoms with van der Waals surface area (Å²) in [7, 11) is 2.04. The molecule has 0 fully saturated rings. The van der Waals surface area contributed by atoms with Crippen molar-refractivity contribution in [1.82, 2.24) is 14.9 Å². The van der Waals surface area contributed by atoms with Gasteiger partial charge in [-0.3, -0.25) is 0 Å². The van der Waals surface area contributed by atoms with Crippen molar-refractivity contribution >= 4 is 0 Å². The first-order valence-corrected chi connectivity index (χ1v) is 6.40. The molecule has 0 radical (unpaired) electrons. The number of nitrogens with zero attached hydrogens (tertiary/aromatic N) is 2. The molecule has 1 heterocycles. The van der Waals surface area contributed by atoms with Crippen molar-refractivity contribution in [3.8, 4) is 0 Å². The molecule has 2 rings (SSSR count). The molecular weight excluding hydrogens is 222 g/mol. The van der Waals surface area contributed by atoms with Gasteiger partial charge in [0, 0.05) is 7.05 Å². The molecule has 1 N–H and O–H groups in total. The molecule has 1 aromatic carbocycles. The third-order valence-electron chi connectivity index (χ3n) is 3.29. The van der Waals surface area contributed by atoms with E-state index in [4.69, 9.17) is 0 Å². The first-order chi connectivity index (χ1) is 8.63. The fraction of sp³-hybridized carbons (Fsp3) is 0.400. The third kappa shape index (κ3) is 2.46. The van der Waals surface area contributed by atoms with Crippen LogP contribution in [0.1, 0.15) is 35.3 Å². The Morgan fingerprint density at radius 3 is 2.67 bits per heavy atom. The van der Waals surface area contributed by atoms with Crippen molar-refractivity contribution in [3.63, 3.8) is 0 Å². The quantitative estimate of drug-likeness (QED) is 0.895. The fourth-order valence-electron chi connectivity index (χ4n) is 2.37. The highest BCUT2D eigenvalue weighted by molar-refractivity contribution is 5.36. The molecule has 0 amide bonds. The predicted octanol–water partition coefficient (Wildman–Crippen LogP) is 2.74. The molecule has 0 saturated heterocycles. The van der Waals surface area contributed by atoms with Crippen LogP contribution in [0.2, 0.25) is 0 Å². The summed E-state index contributed by atoms with van der Waals surface area (Å²) >= 11 is 0. The monoisotopic (exact) mass is 243 g/mol. The SMILES string of the molecule is CCNC(c1ccc(C)cc1C)c1cncn1C. The second-order valence-corrected chi connectivity index (χ2v) is 4.78. The Kier molecular flexibility index (Phi) is 3.82. The zero-order valence-corrected chi connectivity index (χ0v) is 11.6. The minimum Gasteiger partial charge on any atom is -0.336 e. The van der Waals surface area contributed by atoms with Gasteiger partial charge in [0.15, 0.2) is 0 Å². The summed E-state index contributed by atoms with van der Waals surface area (Å²) in [5.41, 5.74) is 5.15. The molecule has 0 aliphatic carbocycles. The summed E-state index contributed by atoms with van der Waals surface area (Å²) in [6.07, 6.45) is 3.79. The highest BCUT2D eigenvalue weighted by atomic mass is 15.1. The molecule has 0 aliphatic heterocycles.